The molecule has 0 saturated carbocycles. The summed E-state index contributed by atoms with van der Waals surface area (Å²) in [5, 5.41) is 12.6. The second kappa shape index (κ2) is 5.57. The molecule has 1 rings (SSSR count). The van der Waals surface area contributed by atoms with Crippen LogP contribution in [0, 0.1) is 11.3 Å². The lowest BCUT2D eigenvalue weighted by Crippen LogP contribution is -2.24. The molecule has 18 heavy (non-hydrogen) atoms. The van der Waals surface area contributed by atoms with E-state index in [1.807, 2.05) is 6.07 Å². The molecule has 0 spiro atoms. The molecular formula is C10H10N4O2S2. The van der Waals surface area contributed by atoms with Crippen molar-refractivity contribution in [1.82, 2.24) is 5.43 Å². The third-order valence-corrected chi connectivity index (χ3v) is 3.16. The van der Waals surface area contributed by atoms with E-state index in [2.05, 4.69) is 22.7 Å². The summed E-state index contributed by atoms with van der Waals surface area (Å²) in [6.07, 6.45) is 2.43. The number of nitrogens with zero attached hydrogens (tertiary/aromatic N) is 2. The fraction of sp³-hybridized carbons (Fsp3) is 0.100. The van der Waals surface area contributed by atoms with Crippen molar-refractivity contribution < 1.29 is 8.42 Å². The van der Waals surface area contributed by atoms with Crippen LogP contribution in [0.1, 0.15) is 11.1 Å². The molecule has 0 aromatic heterocycles. The maximum Gasteiger partial charge on any atom is 0.184 e. The number of nitriles is 1. The quantitative estimate of drug-likeness (QED) is 0.463. The van der Waals surface area contributed by atoms with Crippen LogP contribution in [0.4, 0.5) is 0 Å². The predicted octanol–water partition coefficient (Wildman–Crippen LogP) is 0.129. The Hall–Kier alpha value is -1.98. The van der Waals surface area contributed by atoms with E-state index in [0.717, 1.165) is 6.26 Å². The molecule has 0 radical (unpaired) electrons. The van der Waals surface area contributed by atoms with Gasteiger partial charge in [0.05, 0.1) is 16.7 Å². The molecular weight excluding hydrogens is 272 g/mol. The van der Waals surface area contributed by atoms with Crippen molar-refractivity contribution in [1.29, 1.82) is 5.26 Å². The standard InChI is InChI=1S/C10H10N4O2S2/c1-18(15,16)9-3-2-7(4-8(9)5-11)6-13-14-10(12)17/h2-4,6H,1H3,(H3,12,14,17). The minimum absolute atomic E-state index is 0.00976. The highest BCUT2D eigenvalue weighted by Crippen LogP contribution is 2.15. The van der Waals surface area contributed by atoms with Gasteiger partial charge in [-0.15, -0.1) is 0 Å². The lowest BCUT2D eigenvalue weighted by atomic mass is 10.1. The molecule has 0 aliphatic heterocycles. The molecule has 0 fully saturated rings. The van der Waals surface area contributed by atoms with Crippen LogP contribution >= 0.6 is 12.2 Å². The minimum Gasteiger partial charge on any atom is -0.375 e. The zero-order valence-corrected chi connectivity index (χ0v) is 11.0. The molecule has 8 heteroatoms. The summed E-state index contributed by atoms with van der Waals surface area (Å²) >= 11 is 4.55. The van der Waals surface area contributed by atoms with Crippen molar-refractivity contribution in [2.24, 2.45) is 10.8 Å². The molecule has 6 nitrogen and oxygen atoms in total. The van der Waals surface area contributed by atoms with Crippen LogP contribution < -0.4 is 11.2 Å². The fourth-order valence-electron chi connectivity index (χ4n) is 1.21. The normalized spacial score (nSPS) is 11.1. The molecule has 0 amide bonds. The molecule has 0 aliphatic carbocycles. The summed E-state index contributed by atoms with van der Waals surface area (Å²) < 4.78 is 22.8. The Labute approximate surface area is 110 Å². The molecule has 0 atom stereocenters. The van der Waals surface area contributed by atoms with E-state index in [9.17, 15) is 8.42 Å². The number of nitrogens with one attached hydrogen (secondary N) is 1. The van der Waals surface area contributed by atoms with Gasteiger partial charge in [0.1, 0.15) is 6.07 Å². The van der Waals surface area contributed by atoms with Crippen LogP contribution in [-0.4, -0.2) is 26.0 Å². The molecule has 3 N–H and O–H groups in total. The van der Waals surface area contributed by atoms with Crippen molar-refractivity contribution in [2.45, 2.75) is 4.90 Å². The number of sulfone groups is 1. The van der Waals surface area contributed by atoms with Gasteiger partial charge in [0.2, 0.25) is 0 Å². The average molecular weight is 282 g/mol. The van der Waals surface area contributed by atoms with E-state index in [1.54, 1.807) is 0 Å². The topological polar surface area (TPSA) is 108 Å². The van der Waals surface area contributed by atoms with Gasteiger partial charge in [0, 0.05) is 6.26 Å². The molecule has 0 saturated heterocycles. The number of hydrogen-bond acceptors (Lipinski definition) is 5. The van der Waals surface area contributed by atoms with E-state index in [0.29, 0.717) is 5.56 Å². The van der Waals surface area contributed by atoms with Crippen LogP contribution in [0.15, 0.2) is 28.2 Å². The van der Waals surface area contributed by atoms with Crippen LogP contribution in [0.5, 0.6) is 0 Å². The van der Waals surface area contributed by atoms with Gasteiger partial charge in [-0.3, -0.25) is 5.43 Å². The molecule has 0 aliphatic rings. The molecule has 94 valence electrons. The molecule has 1 aromatic rings. The van der Waals surface area contributed by atoms with E-state index >= 15 is 0 Å². The third kappa shape index (κ3) is 3.80. The minimum atomic E-state index is -3.42. The number of benzene rings is 1. The van der Waals surface area contributed by atoms with Gasteiger partial charge in [-0.1, -0.05) is 6.07 Å². The van der Waals surface area contributed by atoms with Crippen LogP contribution in [-0.2, 0) is 9.84 Å². The number of hydrogen-bond donors (Lipinski definition) is 2. The fourth-order valence-corrected chi connectivity index (χ4v) is 2.08. The van der Waals surface area contributed by atoms with Gasteiger partial charge >= 0.3 is 0 Å². The maximum atomic E-state index is 11.4. The number of rotatable bonds is 3. The van der Waals surface area contributed by atoms with Gasteiger partial charge in [-0.05, 0) is 29.9 Å². The van der Waals surface area contributed by atoms with Gasteiger partial charge in [0.25, 0.3) is 0 Å². The first-order valence-corrected chi connectivity index (χ1v) is 6.97. The van der Waals surface area contributed by atoms with Gasteiger partial charge < -0.3 is 5.73 Å². The average Bonchev–Trinajstić information content (AvgIpc) is 2.26. The van der Waals surface area contributed by atoms with Crippen LogP contribution in [0.3, 0.4) is 0 Å². The van der Waals surface area contributed by atoms with E-state index in [1.165, 1.54) is 24.4 Å². The number of thiocarbonyl (C=S) groups is 1. The van der Waals surface area contributed by atoms with Crippen molar-refractivity contribution in [2.75, 3.05) is 6.26 Å². The largest absolute Gasteiger partial charge is 0.375 e. The summed E-state index contributed by atoms with van der Waals surface area (Å²) in [6.45, 7) is 0. The number of nitrogens with two attached hydrogens (primary N) is 1. The summed E-state index contributed by atoms with van der Waals surface area (Å²) in [4.78, 5) is -0.00976. The summed E-state index contributed by atoms with van der Waals surface area (Å²) in [5.74, 6) is 0. The maximum absolute atomic E-state index is 11.4. The monoisotopic (exact) mass is 282 g/mol. The van der Waals surface area contributed by atoms with Crippen molar-refractivity contribution in [3.8, 4) is 6.07 Å². The third-order valence-electron chi connectivity index (χ3n) is 1.91. The highest BCUT2D eigenvalue weighted by atomic mass is 32.2. The van der Waals surface area contributed by atoms with Crippen LogP contribution in [0.25, 0.3) is 0 Å². The molecule has 1 aromatic carbocycles. The summed E-state index contributed by atoms with van der Waals surface area (Å²) in [6, 6.07) is 6.13. The van der Waals surface area contributed by atoms with Crippen molar-refractivity contribution >= 4 is 33.4 Å². The van der Waals surface area contributed by atoms with Crippen molar-refractivity contribution in [3.05, 3.63) is 29.3 Å². The number of hydrazone groups is 1. The Morgan fingerprint density at radius 1 is 1.61 bits per heavy atom. The predicted molar refractivity (Wildman–Crippen MR) is 71.8 cm³/mol. The highest BCUT2D eigenvalue weighted by molar-refractivity contribution is 7.90. The first-order valence-electron chi connectivity index (χ1n) is 4.67. The summed E-state index contributed by atoms with van der Waals surface area (Å²) in [7, 11) is -3.42. The Bertz CT molecular complexity index is 644. The molecule has 0 heterocycles. The Morgan fingerprint density at radius 3 is 2.78 bits per heavy atom. The summed E-state index contributed by atoms with van der Waals surface area (Å²) in [5.41, 5.74) is 8.15. The second-order valence-corrected chi connectivity index (χ2v) is 5.80. The second-order valence-electron chi connectivity index (χ2n) is 3.37. The first-order chi connectivity index (χ1) is 8.34. The zero-order valence-electron chi connectivity index (χ0n) is 9.41. The van der Waals surface area contributed by atoms with E-state index in [4.69, 9.17) is 11.0 Å². The Balaban J connectivity index is 3.12. The van der Waals surface area contributed by atoms with Crippen molar-refractivity contribution in [3.63, 3.8) is 0 Å². The lowest BCUT2D eigenvalue weighted by Gasteiger charge is -2.02. The van der Waals surface area contributed by atoms with Gasteiger partial charge in [-0.2, -0.15) is 10.4 Å². The highest BCUT2D eigenvalue weighted by Gasteiger charge is 2.12. The lowest BCUT2D eigenvalue weighted by molar-refractivity contribution is 0.601. The Kier molecular flexibility index (Phi) is 4.36. The van der Waals surface area contributed by atoms with E-state index < -0.39 is 9.84 Å². The first kappa shape index (κ1) is 14.1. The van der Waals surface area contributed by atoms with E-state index in [-0.39, 0.29) is 15.6 Å². The van der Waals surface area contributed by atoms with Gasteiger partial charge in [0.15, 0.2) is 14.9 Å². The Morgan fingerprint density at radius 2 is 2.28 bits per heavy atom. The molecule has 0 bridgehead atoms. The molecule has 0 unspecified atom stereocenters. The zero-order chi connectivity index (χ0) is 13.8. The SMILES string of the molecule is CS(=O)(=O)c1ccc(C=NNC(N)=S)cc1C#N. The smallest absolute Gasteiger partial charge is 0.184 e. The van der Waals surface area contributed by atoms with Crippen LogP contribution in [0.2, 0.25) is 0 Å². The van der Waals surface area contributed by atoms with Gasteiger partial charge in [-0.25, -0.2) is 8.42 Å².